The van der Waals surface area contributed by atoms with Crippen LogP contribution in [0.3, 0.4) is 0 Å². The van der Waals surface area contributed by atoms with E-state index in [2.05, 4.69) is 22.2 Å². The van der Waals surface area contributed by atoms with E-state index in [1.54, 1.807) is 25.7 Å². The Bertz CT molecular complexity index is 576. The van der Waals surface area contributed by atoms with Crippen LogP contribution in [0.25, 0.3) is 0 Å². The van der Waals surface area contributed by atoms with Crippen LogP contribution in [0.15, 0.2) is 0 Å². The van der Waals surface area contributed by atoms with E-state index in [-0.39, 0.29) is 18.7 Å². The second kappa shape index (κ2) is 10.2. The van der Waals surface area contributed by atoms with Crippen LogP contribution in [0.5, 0.6) is 0 Å². The maximum Gasteiger partial charge on any atom is 0.408 e. The van der Waals surface area contributed by atoms with E-state index in [0.29, 0.717) is 19.1 Å². The number of carboxylic acid groups (broad SMARTS) is 1. The van der Waals surface area contributed by atoms with Crippen LogP contribution in [0.4, 0.5) is 4.79 Å². The van der Waals surface area contributed by atoms with Crippen molar-refractivity contribution in [1.82, 2.24) is 20.0 Å². The van der Waals surface area contributed by atoms with Gasteiger partial charge in [0.1, 0.15) is 11.6 Å². The van der Waals surface area contributed by atoms with E-state index in [4.69, 9.17) is 9.84 Å². The second-order valence-electron chi connectivity index (χ2n) is 9.03. The molecule has 2 aliphatic heterocycles. The SMILES string of the molecule is CN1CCC(N2CCN(C(=O)[C@@H](CCC(=O)O)NC(=O)OC(C)(C)C)CC2)CC1. The minimum atomic E-state index is -0.999. The smallest absolute Gasteiger partial charge is 0.408 e. The average molecular weight is 413 g/mol. The first-order chi connectivity index (χ1) is 13.5. The lowest BCUT2D eigenvalue weighted by atomic mass is 10.0. The lowest BCUT2D eigenvalue weighted by Gasteiger charge is -2.42. The molecule has 9 nitrogen and oxygen atoms in total. The van der Waals surface area contributed by atoms with Crippen molar-refractivity contribution in [1.29, 1.82) is 0 Å². The van der Waals surface area contributed by atoms with Crippen molar-refractivity contribution in [2.24, 2.45) is 0 Å². The number of piperazine rings is 1. The van der Waals surface area contributed by atoms with Gasteiger partial charge in [-0.25, -0.2) is 4.79 Å². The largest absolute Gasteiger partial charge is 0.481 e. The Morgan fingerprint density at radius 3 is 2.17 bits per heavy atom. The Labute approximate surface area is 173 Å². The third kappa shape index (κ3) is 7.81. The molecule has 1 atom stereocenters. The number of nitrogens with zero attached hydrogens (tertiary/aromatic N) is 3. The molecule has 0 radical (unpaired) electrons. The standard InChI is InChI=1S/C20H36N4O5/c1-20(2,3)29-19(28)21-16(5-6-17(25)26)18(27)24-13-11-23(12-14-24)15-7-9-22(4)10-8-15/h15-16H,5-14H2,1-4H3,(H,21,28)(H,25,26)/t16-/m1/s1. The Balaban J connectivity index is 1.90. The molecule has 0 aromatic rings. The Kier molecular flexibility index (Phi) is 8.27. The average Bonchev–Trinajstić information content (AvgIpc) is 2.64. The molecule has 166 valence electrons. The third-order valence-corrected chi connectivity index (χ3v) is 5.47. The highest BCUT2D eigenvalue weighted by Gasteiger charge is 2.32. The lowest BCUT2D eigenvalue weighted by Crippen LogP contribution is -2.57. The number of alkyl carbamates (subject to hydrolysis) is 1. The van der Waals surface area contributed by atoms with Crippen molar-refractivity contribution in [3.8, 4) is 0 Å². The summed E-state index contributed by atoms with van der Waals surface area (Å²) in [5, 5.41) is 11.6. The summed E-state index contributed by atoms with van der Waals surface area (Å²) in [6.07, 6.45) is 1.44. The molecule has 0 bridgehead atoms. The van der Waals surface area contributed by atoms with E-state index in [1.807, 2.05) is 0 Å². The van der Waals surface area contributed by atoms with E-state index < -0.39 is 23.7 Å². The van der Waals surface area contributed by atoms with Crippen molar-refractivity contribution < 1.29 is 24.2 Å². The first-order valence-corrected chi connectivity index (χ1v) is 10.5. The topological polar surface area (TPSA) is 102 Å². The van der Waals surface area contributed by atoms with E-state index in [1.165, 1.54) is 0 Å². The summed E-state index contributed by atoms with van der Waals surface area (Å²) in [6.45, 7) is 10.2. The van der Waals surface area contributed by atoms with Crippen LogP contribution >= 0.6 is 0 Å². The van der Waals surface area contributed by atoms with Gasteiger partial charge in [-0.15, -0.1) is 0 Å². The highest BCUT2D eigenvalue weighted by atomic mass is 16.6. The predicted octanol–water partition coefficient (Wildman–Crippen LogP) is 0.983. The number of carbonyl (C=O) groups is 3. The summed E-state index contributed by atoms with van der Waals surface area (Å²) >= 11 is 0. The second-order valence-corrected chi connectivity index (χ2v) is 9.03. The molecule has 0 saturated carbocycles. The van der Waals surface area contributed by atoms with Crippen molar-refractivity contribution in [2.45, 2.75) is 64.1 Å². The molecule has 0 spiro atoms. The summed E-state index contributed by atoms with van der Waals surface area (Å²) in [7, 11) is 2.14. The molecular formula is C20H36N4O5. The van der Waals surface area contributed by atoms with Crippen molar-refractivity contribution in [2.75, 3.05) is 46.3 Å². The van der Waals surface area contributed by atoms with Crippen LogP contribution in [0.1, 0.15) is 46.5 Å². The Morgan fingerprint density at radius 2 is 1.66 bits per heavy atom. The normalized spacial score (nSPS) is 20.9. The van der Waals surface area contributed by atoms with Crippen LogP contribution in [-0.2, 0) is 14.3 Å². The summed E-state index contributed by atoms with van der Waals surface area (Å²) in [4.78, 5) is 42.6. The summed E-state index contributed by atoms with van der Waals surface area (Å²) in [5.41, 5.74) is -0.690. The first kappa shape index (κ1) is 23.4. The molecular weight excluding hydrogens is 376 g/mol. The maximum atomic E-state index is 13.0. The van der Waals surface area contributed by atoms with Gasteiger partial charge in [-0.2, -0.15) is 0 Å². The zero-order valence-corrected chi connectivity index (χ0v) is 18.1. The molecule has 0 aromatic heterocycles. The highest BCUT2D eigenvalue weighted by molar-refractivity contribution is 5.86. The Morgan fingerprint density at radius 1 is 1.07 bits per heavy atom. The van der Waals surface area contributed by atoms with Gasteiger partial charge in [0.15, 0.2) is 0 Å². The lowest BCUT2D eigenvalue weighted by molar-refractivity contribution is -0.138. The molecule has 2 rings (SSSR count). The van der Waals surface area contributed by atoms with Crippen LogP contribution in [0, 0.1) is 0 Å². The van der Waals surface area contributed by atoms with Gasteiger partial charge in [0.05, 0.1) is 0 Å². The fraction of sp³-hybridized carbons (Fsp3) is 0.850. The molecule has 2 aliphatic rings. The monoisotopic (exact) mass is 412 g/mol. The van der Waals surface area contributed by atoms with E-state index in [9.17, 15) is 14.4 Å². The fourth-order valence-electron chi connectivity index (χ4n) is 3.86. The zero-order chi connectivity index (χ0) is 21.6. The number of carboxylic acids is 1. The number of carbonyl (C=O) groups excluding carboxylic acids is 2. The first-order valence-electron chi connectivity index (χ1n) is 10.5. The van der Waals surface area contributed by atoms with Gasteiger partial charge in [0.2, 0.25) is 5.91 Å². The van der Waals surface area contributed by atoms with Gasteiger partial charge in [-0.1, -0.05) is 0 Å². The number of piperidine rings is 1. The minimum Gasteiger partial charge on any atom is -0.481 e. The molecule has 2 fully saturated rings. The van der Waals surface area contributed by atoms with Crippen LogP contribution < -0.4 is 5.32 Å². The third-order valence-electron chi connectivity index (χ3n) is 5.47. The van der Waals surface area contributed by atoms with Crippen LogP contribution in [0.2, 0.25) is 0 Å². The number of aliphatic carboxylic acids is 1. The van der Waals surface area contributed by atoms with Gasteiger partial charge in [0.25, 0.3) is 0 Å². The molecule has 29 heavy (non-hydrogen) atoms. The molecule has 2 amide bonds. The summed E-state index contributed by atoms with van der Waals surface area (Å²) in [5.74, 6) is -1.24. The van der Waals surface area contributed by atoms with Gasteiger partial charge in [0, 0.05) is 38.6 Å². The number of hydrogen-bond acceptors (Lipinski definition) is 6. The van der Waals surface area contributed by atoms with Crippen molar-refractivity contribution in [3.05, 3.63) is 0 Å². The van der Waals surface area contributed by atoms with Gasteiger partial charge < -0.3 is 25.0 Å². The van der Waals surface area contributed by atoms with Crippen LogP contribution in [-0.4, -0.2) is 102 Å². The molecule has 0 aliphatic carbocycles. The molecule has 2 saturated heterocycles. The number of amides is 2. The van der Waals surface area contributed by atoms with E-state index >= 15 is 0 Å². The number of nitrogens with one attached hydrogen (secondary N) is 1. The summed E-state index contributed by atoms with van der Waals surface area (Å²) < 4.78 is 5.24. The number of likely N-dealkylation sites (tertiary alicyclic amines) is 1. The molecule has 9 heteroatoms. The summed E-state index contributed by atoms with van der Waals surface area (Å²) in [6, 6.07) is -0.332. The maximum absolute atomic E-state index is 13.0. The minimum absolute atomic E-state index is 0.0442. The Hall–Kier alpha value is -1.87. The molecule has 2 heterocycles. The molecule has 0 aromatic carbocycles. The molecule has 0 unspecified atom stereocenters. The number of hydrogen-bond donors (Lipinski definition) is 2. The van der Waals surface area contributed by atoms with E-state index in [0.717, 1.165) is 39.0 Å². The zero-order valence-electron chi connectivity index (χ0n) is 18.1. The number of ether oxygens (including phenoxy) is 1. The van der Waals surface area contributed by atoms with Gasteiger partial charge >= 0.3 is 12.1 Å². The quantitative estimate of drug-likeness (QED) is 0.670. The fourth-order valence-corrected chi connectivity index (χ4v) is 3.86. The van der Waals surface area contributed by atoms with Crippen molar-refractivity contribution in [3.63, 3.8) is 0 Å². The predicted molar refractivity (Wildman–Crippen MR) is 109 cm³/mol. The molecule has 2 N–H and O–H groups in total. The van der Waals surface area contributed by atoms with Gasteiger partial charge in [-0.05, 0) is 60.2 Å². The van der Waals surface area contributed by atoms with Crippen molar-refractivity contribution >= 4 is 18.0 Å². The highest BCUT2D eigenvalue weighted by Crippen LogP contribution is 2.18. The van der Waals surface area contributed by atoms with Gasteiger partial charge in [-0.3, -0.25) is 14.5 Å². The number of rotatable bonds is 6.